The second-order valence-electron chi connectivity index (χ2n) is 6.30. The van der Waals surface area contributed by atoms with Crippen molar-refractivity contribution in [3.63, 3.8) is 0 Å². The van der Waals surface area contributed by atoms with E-state index in [9.17, 15) is 34.5 Å². The number of amides is 2. The maximum atomic E-state index is 12.2. The number of aliphatic carboxylic acids is 2. The summed E-state index contributed by atoms with van der Waals surface area (Å²) in [5, 5.41) is 60.2. The number of carbonyl (C=O) groups excluding carboxylic acids is 2. The molecule has 6 atom stereocenters. The first kappa shape index (κ1) is 27.1. The van der Waals surface area contributed by atoms with E-state index in [0.29, 0.717) is 0 Å². The van der Waals surface area contributed by atoms with Crippen LogP contribution in [0.25, 0.3) is 0 Å². The van der Waals surface area contributed by atoms with Crippen molar-refractivity contribution < 1.29 is 49.8 Å². The van der Waals surface area contributed by atoms with Gasteiger partial charge in [-0.1, -0.05) is 6.92 Å². The fraction of sp³-hybridized carbons (Fsp3) is 0.750. The number of aliphatic hydroxyl groups is 4. The van der Waals surface area contributed by atoms with Crippen LogP contribution < -0.4 is 10.6 Å². The molecule has 0 radical (unpaired) electrons. The Morgan fingerprint density at radius 3 is 2.00 bits per heavy atom. The second kappa shape index (κ2) is 13.3. The Morgan fingerprint density at radius 1 is 0.966 bits per heavy atom. The van der Waals surface area contributed by atoms with E-state index in [1.807, 2.05) is 0 Å². The number of carbonyl (C=O) groups is 4. The van der Waals surface area contributed by atoms with E-state index in [1.165, 1.54) is 11.8 Å². The molecule has 0 aromatic carbocycles. The van der Waals surface area contributed by atoms with Gasteiger partial charge in [-0.3, -0.25) is 9.59 Å². The molecule has 0 rings (SSSR count). The number of carboxylic acids is 2. The van der Waals surface area contributed by atoms with E-state index in [-0.39, 0.29) is 18.6 Å². The number of carboxylic acid groups (broad SMARTS) is 2. The number of hydrogen-bond donors (Lipinski definition) is 8. The maximum Gasteiger partial charge on any atom is 0.335 e. The van der Waals surface area contributed by atoms with E-state index in [4.69, 9.17) is 15.3 Å². The summed E-state index contributed by atoms with van der Waals surface area (Å²) in [6.45, 7) is 1.05. The molecular formula is C16H28N2O10S. The maximum absolute atomic E-state index is 12.2. The van der Waals surface area contributed by atoms with Crippen molar-refractivity contribution in [3.05, 3.63) is 0 Å². The fourth-order valence-electron chi connectivity index (χ4n) is 2.25. The van der Waals surface area contributed by atoms with Crippen LogP contribution >= 0.6 is 11.8 Å². The molecule has 12 nitrogen and oxygen atoms in total. The van der Waals surface area contributed by atoms with Crippen molar-refractivity contribution in [2.45, 2.75) is 50.2 Å². The highest BCUT2D eigenvalue weighted by Crippen LogP contribution is 2.10. The molecule has 0 spiro atoms. The molecule has 0 fully saturated rings. The highest BCUT2D eigenvalue weighted by atomic mass is 32.2. The monoisotopic (exact) mass is 440 g/mol. The van der Waals surface area contributed by atoms with Crippen molar-refractivity contribution in [2.24, 2.45) is 5.92 Å². The van der Waals surface area contributed by atoms with Crippen LogP contribution in [0, 0.1) is 5.92 Å². The van der Waals surface area contributed by atoms with Crippen LogP contribution in [0.5, 0.6) is 0 Å². The average Bonchev–Trinajstić information content (AvgIpc) is 2.67. The van der Waals surface area contributed by atoms with E-state index >= 15 is 0 Å². The summed E-state index contributed by atoms with van der Waals surface area (Å²) in [7, 11) is 0. The van der Waals surface area contributed by atoms with Crippen molar-refractivity contribution in [1.29, 1.82) is 0 Å². The van der Waals surface area contributed by atoms with Gasteiger partial charge in [-0.05, 0) is 12.7 Å². The Kier molecular flexibility index (Phi) is 12.4. The average molecular weight is 440 g/mol. The van der Waals surface area contributed by atoms with E-state index in [0.717, 1.165) is 0 Å². The third kappa shape index (κ3) is 9.41. The van der Waals surface area contributed by atoms with Crippen LogP contribution in [0.15, 0.2) is 0 Å². The standard InChI is InChI=1S/C16H28N2O10S/c1-3-7(14(24)18-8(6-29-2)15(25)26)4-10(20)17-5-9(19)11(21)12(22)13(23)16(27)28/h7-9,11-13,19,21-23H,3-6H2,1-2H3,(H,17,20)(H,18,24)(H,25,26)(H,27,28)/t7-,8+,9+,11-,12+,13+/m1/s1. The highest BCUT2D eigenvalue weighted by Gasteiger charge is 2.34. The summed E-state index contributed by atoms with van der Waals surface area (Å²) in [6, 6.07) is -1.10. The molecule has 0 aliphatic carbocycles. The normalized spacial score (nSPS) is 17.3. The smallest absolute Gasteiger partial charge is 0.335 e. The third-order valence-electron chi connectivity index (χ3n) is 4.07. The molecule has 13 heteroatoms. The lowest BCUT2D eigenvalue weighted by molar-refractivity contribution is -0.162. The van der Waals surface area contributed by atoms with Crippen molar-refractivity contribution >= 4 is 35.5 Å². The lowest BCUT2D eigenvalue weighted by Crippen LogP contribution is -2.51. The SMILES string of the molecule is CC[C@H](CC(=O)NC[C@H](O)[C@@H](O)[C@H](O)[C@H](O)C(=O)O)C(=O)N[C@@H](CSC)C(=O)O. The molecule has 29 heavy (non-hydrogen) atoms. The van der Waals surface area contributed by atoms with Gasteiger partial charge in [-0.25, -0.2) is 9.59 Å². The molecule has 0 unspecified atom stereocenters. The first-order chi connectivity index (χ1) is 13.5. The van der Waals surface area contributed by atoms with Gasteiger partial charge in [-0.15, -0.1) is 0 Å². The second-order valence-corrected chi connectivity index (χ2v) is 7.21. The molecule has 0 heterocycles. The lowest BCUT2D eigenvalue weighted by atomic mass is 10.00. The summed E-state index contributed by atoms with van der Waals surface area (Å²) >= 11 is 1.23. The van der Waals surface area contributed by atoms with E-state index < -0.39 is 66.7 Å². The zero-order valence-electron chi connectivity index (χ0n) is 16.0. The number of thioether (sulfide) groups is 1. The van der Waals surface area contributed by atoms with Gasteiger partial charge in [0, 0.05) is 24.6 Å². The quantitative estimate of drug-likeness (QED) is 0.136. The third-order valence-corrected chi connectivity index (χ3v) is 4.74. The van der Waals surface area contributed by atoms with Crippen LogP contribution in [0.4, 0.5) is 0 Å². The highest BCUT2D eigenvalue weighted by molar-refractivity contribution is 7.98. The minimum atomic E-state index is -2.33. The molecule has 0 aliphatic rings. The topological polar surface area (TPSA) is 214 Å². The van der Waals surface area contributed by atoms with Gasteiger partial charge in [0.1, 0.15) is 18.2 Å². The zero-order chi connectivity index (χ0) is 22.7. The number of aliphatic hydroxyl groups excluding tert-OH is 4. The molecule has 0 aromatic rings. The van der Waals surface area contributed by atoms with Crippen LogP contribution in [-0.4, -0.2) is 103 Å². The largest absolute Gasteiger partial charge is 0.480 e. The number of hydrogen-bond acceptors (Lipinski definition) is 9. The molecule has 0 aromatic heterocycles. The van der Waals surface area contributed by atoms with Gasteiger partial charge in [0.25, 0.3) is 0 Å². The minimum Gasteiger partial charge on any atom is -0.480 e. The Balaban J connectivity index is 4.67. The van der Waals surface area contributed by atoms with Crippen molar-refractivity contribution in [1.82, 2.24) is 10.6 Å². The van der Waals surface area contributed by atoms with Crippen LogP contribution in [0.1, 0.15) is 19.8 Å². The number of nitrogens with one attached hydrogen (secondary N) is 2. The lowest BCUT2D eigenvalue weighted by Gasteiger charge is -2.25. The first-order valence-electron chi connectivity index (χ1n) is 8.70. The van der Waals surface area contributed by atoms with Gasteiger partial charge in [0.05, 0.1) is 6.10 Å². The molecule has 0 saturated heterocycles. The molecule has 168 valence electrons. The van der Waals surface area contributed by atoms with Crippen LogP contribution in [0.2, 0.25) is 0 Å². The van der Waals surface area contributed by atoms with Gasteiger partial charge in [0.15, 0.2) is 6.10 Å². The molecular weight excluding hydrogens is 412 g/mol. The number of rotatable bonds is 14. The van der Waals surface area contributed by atoms with Gasteiger partial charge in [0.2, 0.25) is 11.8 Å². The van der Waals surface area contributed by atoms with Crippen LogP contribution in [-0.2, 0) is 19.2 Å². The summed E-state index contributed by atoms with van der Waals surface area (Å²) < 4.78 is 0. The van der Waals surface area contributed by atoms with Gasteiger partial charge in [-0.2, -0.15) is 11.8 Å². The summed E-state index contributed by atoms with van der Waals surface area (Å²) in [5.41, 5.74) is 0. The van der Waals surface area contributed by atoms with Gasteiger partial charge >= 0.3 is 11.9 Å². The predicted octanol–water partition coefficient (Wildman–Crippen LogP) is -3.02. The Labute approximate surface area is 171 Å². The Hall–Kier alpha value is -1.93. The molecule has 8 N–H and O–H groups in total. The molecule has 0 aliphatic heterocycles. The predicted molar refractivity (Wildman–Crippen MR) is 101 cm³/mol. The van der Waals surface area contributed by atoms with Crippen LogP contribution in [0.3, 0.4) is 0 Å². The summed E-state index contributed by atoms with van der Waals surface area (Å²) in [5.74, 6) is -5.00. The van der Waals surface area contributed by atoms with Gasteiger partial charge < -0.3 is 41.3 Å². The first-order valence-corrected chi connectivity index (χ1v) is 10.1. The van der Waals surface area contributed by atoms with Crippen molar-refractivity contribution in [2.75, 3.05) is 18.6 Å². The van der Waals surface area contributed by atoms with Crippen molar-refractivity contribution in [3.8, 4) is 0 Å². The molecule has 2 amide bonds. The molecule has 0 bridgehead atoms. The Morgan fingerprint density at radius 2 is 1.55 bits per heavy atom. The zero-order valence-corrected chi connectivity index (χ0v) is 16.8. The summed E-state index contributed by atoms with van der Waals surface area (Å²) in [6.07, 6.45) is -6.75. The molecule has 0 saturated carbocycles. The minimum absolute atomic E-state index is 0.151. The van der Waals surface area contributed by atoms with E-state index in [1.54, 1.807) is 13.2 Å². The van der Waals surface area contributed by atoms with E-state index in [2.05, 4.69) is 10.6 Å². The Bertz CT molecular complexity index is 576. The summed E-state index contributed by atoms with van der Waals surface area (Å²) in [4.78, 5) is 45.9. The fourth-order valence-corrected chi connectivity index (χ4v) is 2.81.